The van der Waals surface area contributed by atoms with Crippen LogP contribution in [-0.2, 0) is 51.0 Å². The maximum absolute atomic E-state index is 11.7. The molecule has 2 fully saturated rings. The van der Waals surface area contributed by atoms with Gasteiger partial charge in [0, 0.05) is 47.0 Å². The summed E-state index contributed by atoms with van der Waals surface area (Å²) in [6.07, 6.45) is 2.62. The highest BCUT2D eigenvalue weighted by atomic mass is 16.6. The minimum Gasteiger partial charge on any atom is -0.488 e. The van der Waals surface area contributed by atoms with Gasteiger partial charge < -0.3 is 33.9 Å². The van der Waals surface area contributed by atoms with Crippen molar-refractivity contribution in [2.45, 2.75) is 98.1 Å². The number of benzene rings is 2. The molecule has 2 aromatic rings. The molecule has 4 atom stereocenters. The van der Waals surface area contributed by atoms with Gasteiger partial charge in [-0.2, -0.15) is 0 Å². The smallest absolute Gasteiger partial charge is 0.302 e. The number of ether oxygens (including phenoxy) is 5. The van der Waals surface area contributed by atoms with Crippen LogP contribution in [0.25, 0.3) is 0 Å². The highest BCUT2D eigenvalue weighted by molar-refractivity contribution is 5.66. The Kier molecular flexibility index (Phi) is 15.5. The van der Waals surface area contributed by atoms with Crippen molar-refractivity contribution in [2.75, 3.05) is 19.8 Å². The first kappa shape index (κ1) is 37.2. The molecule has 0 amide bonds. The first-order chi connectivity index (χ1) is 21.3. The van der Waals surface area contributed by atoms with Gasteiger partial charge in [-0.05, 0) is 53.6 Å². The number of carbonyl (C=O) groups excluding carboxylic acids is 2. The molecule has 2 aliphatic rings. The van der Waals surface area contributed by atoms with E-state index in [2.05, 4.69) is 44.2 Å². The summed E-state index contributed by atoms with van der Waals surface area (Å²) in [5, 5.41) is 14.8. The van der Waals surface area contributed by atoms with Gasteiger partial charge in [0.05, 0.1) is 25.4 Å². The van der Waals surface area contributed by atoms with Crippen molar-refractivity contribution < 1.29 is 53.1 Å². The average molecular weight is 631 g/mol. The Balaban J connectivity index is 0.000000789. The van der Waals surface area contributed by atoms with Crippen molar-refractivity contribution in [3.8, 4) is 5.75 Å². The van der Waals surface area contributed by atoms with Crippen LogP contribution in [0.3, 0.4) is 0 Å². The van der Waals surface area contributed by atoms with Crippen LogP contribution in [-0.4, -0.2) is 72.2 Å². The lowest BCUT2D eigenvalue weighted by molar-refractivity contribution is -0.169. The fourth-order valence-electron chi connectivity index (χ4n) is 4.99. The molecule has 0 spiro atoms. The highest BCUT2D eigenvalue weighted by Gasteiger charge is 2.34. The molecule has 0 aromatic heterocycles. The summed E-state index contributed by atoms with van der Waals surface area (Å²) in [6, 6.07) is 12.9. The average Bonchev–Trinajstić information content (AvgIpc) is 3.46. The van der Waals surface area contributed by atoms with Crippen LogP contribution in [0, 0.1) is 6.92 Å². The minimum atomic E-state index is -0.833. The van der Waals surface area contributed by atoms with Crippen LogP contribution >= 0.6 is 0 Å². The van der Waals surface area contributed by atoms with E-state index in [1.807, 2.05) is 6.07 Å². The molecule has 0 radical (unpaired) electrons. The van der Waals surface area contributed by atoms with Gasteiger partial charge in [-0.1, -0.05) is 37.3 Å². The minimum absolute atomic E-state index is 0.0171. The third-order valence-electron chi connectivity index (χ3n) is 7.03. The fraction of sp³-hybridized carbons (Fsp3) is 0.529. The van der Waals surface area contributed by atoms with E-state index in [9.17, 15) is 9.59 Å². The molecule has 0 bridgehead atoms. The van der Waals surface area contributed by atoms with E-state index in [-0.39, 0.29) is 43.0 Å². The van der Waals surface area contributed by atoms with Gasteiger partial charge in [-0.15, -0.1) is 0 Å². The topological polar surface area (TPSA) is 155 Å². The summed E-state index contributed by atoms with van der Waals surface area (Å²) in [4.78, 5) is 41.2. The number of rotatable bonds is 9. The van der Waals surface area contributed by atoms with E-state index in [1.165, 1.54) is 25.0 Å². The van der Waals surface area contributed by atoms with Crippen molar-refractivity contribution in [3.05, 3.63) is 64.2 Å². The molecule has 2 heterocycles. The number of aryl methyl sites for hydroxylation is 1. The van der Waals surface area contributed by atoms with E-state index in [0.717, 1.165) is 55.5 Å². The summed E-state index contributed by atoms with van der Waals surface area (Å²) in [5.74, 6) is -1.54. The number of esters is 2. The third kappa shape index (κ3) is 14.1. The van der Waals surface area contributed by atoms with E-state index in [0.29, 0.717) is 26.1 Å². The Morgan fingerprint density at radius 3 is 2.04 bits per heavy atom. The molecular formula is C34H46O11. The Bertz CT molecular complexity index is 1250. The highest BCUT2D eigenvalue weighted by Crippen LogP contribution is 2.38. The first-order valence-electron chi connectivity index (χ1n) is 15.1. The largest absolute Gasteiger partial charge is 0.488 e. The Morgan fingerprint density at radius 2 is 1.51 bits per heavy atom. The standard InChI is InChI=1S/C30H38O7.2C2H4O2/c1-5-22-6-8-23(9-7-22)12-24-13-25(14-29(19(24)2)36-26-10-11-33-17-26)30-16-27(35-21(4)32)15-28(37-30)18-34-20(3)31;2*1-2(3)4/h6-9,13-14,26-28,30H,5,10-12,15-18H2,1-4H3;2*1H3,(H,3,4). The van der Waals surface area contributed by atoms with Crippen molar-refractivity contribution in [2.24, 2.45) is 0 Å². The van der Waals surface area contributed by atoms with Gasteiger partial charge >= 0.3 is 11.9 Å². The van der Waals surface area contributed by atoms with Gasteiger partial charge in [-0.3, -0.25) is 19.2 Å². The normalized spacial score (nSPS) is 20.4. The van der Waals surface area contributed by atoms with E-state index >= 15 is 0 Å². The molecule has 4 unspecified atom stereocenters. The second kappa shape index (κ2) is 18.8. The van der Waals surface area contributed by atoms with Crippen molar-refractivity contribution in [1.29, 1.82) is 0 Å². The van der Waals surface area contributed by atoms with Crippen LogP contribution in [0.15, 0.2) is 36.4 Å². The van der Waals surface area contributed by atoms with Gasteiger partial charge in [-0.25, -0.2) is 0 Å². The van der Waals surface area contributed by atoms with Gasteiger partial charge in [0.1, 0.15) is 24.6 Å². The van der Waals surface area contributed by atoms with Crippen LogP contribution < -0.4 is 4.74 Å². The predicted molar refractivity (Wildman–Crippen MR) is 165 cm³/mol. The lowest BCUT2D eigenvalue weighted by Crippen LogP contribution is -2.37. The molecule has 11 nitrogen and oxygen atoms in total. The van der Waals surface area contributed by atoms with Crippen LogP contribution in [0.5, 0.6) is 5.75 Å². The molecular weight excluding hydrogens is 584 g/mol. The van der Waals surface area contributed by atoms with Gasteiger partial charge in [0.2, 0.25) is 0 Å². The summed E-state index contributed by atoms with van der Waals surface area (Å²) < 4.78 is 29.1. The molecule has 248 valence electrons. The van der Waals surface area contributed by atoms with E-state index in [4.69, 9.17) is 43.5 Å². The zero-order valence-electron chi connectivity index (χ0n) is 27.0. The molecule has 2 aliphatic heterocycles. The van der Waals surface area contributed by atoms with Crippen LogP contribution in [0.1, 0.15) is 87.8 Å². The maximum Gasteiger partial charge on any atom is 0.302 e. The van der Waals surface area contributed by atoms with Crippen molar-refractivity contribution in [3.63, 3.8) is 0 Å². The summed E-state index contributed by atoms with van der Waals surface area (Å²) in [6.45, 7) is 10.6. The fourth-order valence-corrected chi connectivity index (χ4v) is 4.99. The lowest BCUT2D eigenvalue weighted by Gasteiger charge is -2.35. The molecule has 11 heteroatoms. The Labute approximate surface area is 264 Å². The van der Waals surface area contributed by atoms with Gasteiger partial charge in [0.25, 0.3) is 11.9 Å². The summed E-state index contributed by atoms with van der Waals surface area (Å²) in [7, 11) is 0. The number of carboxylic acids is 2. The molecule has 2 saturated heterocycles. The zero-order valence-corrected chi connectivity index (χ0v) is 27.0. The molecule has 4 rings (SSSR count). The number of carbonyl (C=O) groups is 4. The number of hydrogen-bond acceptors (Lipinski definition) is 9. The molecule has 45 heavy (non-hydrogen) atoms. The number of aliphatic carboxylic acids is 2. The number of hydrogen-bond donors (Lipinski definition) is 2. The quantitative estimate of drug-likeness (QED) is 0.351. The SMILES string of the molecule is CC(=O)O.CC(=O)O.CCc1ccc(Cc2cc(C3CC(OC(C)=O)CC(COC(C)=O)O3)cc(OC3CCOC3)c2C)cc1. The van der Waals surface area contributed by atoms with Crippen molar-refractivity contribution in [1.82, 2.24) is 0 Å². The zero-order chi connectivity index (χ0) is 33.5. The van der Waals surface area contributed by atoms with E-state index < -0.39 is 11.9 Å². The molecule has 2 N–H and O–H groups in total. The van der Waals surface area contributed by atoms with Crippen molar-refractivity contribution >= 4 is 23.9 Å². The van der Waals surface area contributed by atoms with E-state index in [1.54, 1.807) is 0 Å². The number of carboxylic acid groups (broad SMARTS) is 2. The Morgan fingerprint density at radius 1 is 0.889 bits per heavy atom. The Hall–Kier alpha value is -3.96. The second-order valence-corrected chi connectivity index (χ2v) is 11.0. The monoisotopic (exact) mass is 630 g/mol. The third-order valence-corrected chi connectivity index (χ3v) is 7.03. The molecule has 2 aromatic carbocycles. The second-order valence-electron chi connectivity index (χ2n) is 11.0. The first-order valence-corrected chi connectivity index (χ1v) is 15.1. The maximum atomic E-state index is 11.7. The molecule has 0 aliphatic carbocycles. The van der Waals surface area contributed by atoms with Crippen LogP contribution in [0.2, 0.25) is 0 Å². The predicted octanol–water partition coefficient (Wildman–Crippen LogP) is 5.21. The van der Waals surface area contributed by atoms with Gasteiger partial charge in [0.15, 0.2) is 0 Å². The summed E-state index contributed by atoms with van der Waals surface area (Å²) >= 11 is 0. The summed E-state index contributed by atoms with van der Waals surface area (Å²) in [5.41, 5.74) is 5.75. The van der Waals surface area contributed by atoms with Crippen LogP contribution in [0.4, 0.5) is 0 Å². The lowest BCUT2D eigenvalue weighted by atomic mass is 9.91. The molecule has 0 saturated carbocycles.